The Labute approximate surface area is 149 Å². The summed E-state index contributed by atoms with van der Waals surface area (Å²) in [5, 5.41) is 3.29. The zero-order valence-corrected chi connectivity index (χ0v) is 14.8. The number of benzene rings is 1. The van der Waals surface area contributed by atoms with Gasteiger partial charge in [-0.1, -0.05) is 12.1 Å². The summed E-state index contributed by atoms with van der Waals surface area (Å²) in [7, 11) is 1.54. The van der Waals surface area contributed by atoms with Crippen molar-refractivity contribution in [3.05, 3.63) is 40.3 Å². The summed E-state index contributed by atoms with van der Waals surface area (Å²) in [6.07, 6.45) is 3.88. The first-order valence-corrected chi connectivity index (χ1v) is 8.91. The second-order valence-electron chi connectivity index (χ2n) is 5.77. The van der Waals surface area contributed by atoms with Crippen LogP contribution in [0.1, 0.15) is 33.6 Å². The van der Waals surface area contributed by atoms with E-state index in [0.29, 0.717) is 22.1 Å². The molecule has 2 amide bonds. The van der Waals surface area contributed by atoms with Crippen molar-refractivity contribution in [2.75, 3.05) is 19.0 Å². The predicted molar refractivity (Wildman–Crippen MR) is 96.6 cm³/mol. The topological polar surface area (TPSA) is 90.7 Å². The van der Waals surface area contributed by atoms with Crippen molar-refractivity contribution in [1.29, 1.82) is 0 Å². The Balaban J connectivity index is 1.71. The standard InChI is InChI=1S/C18H20N2O4S/c1-23-12-7-3-4-8-13(12)24-10-15(21)20-18-16(17(19)22)11-6-2-5-9-14(11)25-18/h3-4,7-8H,2,5-6,9-10H2,1H3,(H2,19,22)(H,20,21). The van der Waals surface area contributed by atoms with Crippen molar-refractivity contribution < 1.29 is 19.1 Å². The van der Waals surface area contributed by atoms with Gasteiger partial charge in [-0.2, -0.15) is 0 Å². The van der Waals surface area contributed by atoms with Crippen molar-refractivity contribution in [2.45, 2.75) is 25.7 Å². The Kier molecular flexibility index (Phi) is 5.23. The van der Waals surface area contributed by atoms with Crippen LogP contribution in [0.5, 0.6) is 11.5 Å². The lowest BCUT2D eigenvalue weighted by molar-refractivity contribution is -0.118. The number of methoxy groups -OCH3 is 1. The van der Waals surface area contributed by atoms with Gasteiger partial charge in [0.15, 0.2) is 18.1 Å². The number of aryl methyl sites for hydroxylation is 1. The minimum Gasteiger partial charge on any atom is -0.493 e. The van der Waals surface area contributed by atoms with Crippen molar-refractivity contribution in [2.24, 2.45) is 5.73 Å². The number of amides is 2. The van der Waals surface area contributed by atoms with E-state index in [2.05, 4.69) is 5.32 Å². The van der Waals surface area contributed by atoms with Gasteiger partial charge in [-0.25, -0.2) is 0 Å². The smallest absolute Gasteiger partial charge is 0.262 e. The number of fused-ring (bicyclic) bond motifs is 1. The molecule has 132 valence electrons. The van der Waals surface area contributed by atoms with Crippen molar-refractivity contribution in [3.8, 4) is 11.5 Å². The molecule has 2 aromatic rings. The number of carbonyl (C=O) groups excluding carboxylic acids is 2. The number of nitrogens with one attached hydrogen (secondary N) is 1. The van der Waals surface area contributed by atoms with E-state index in [-0.39, 0.29) is 12.5 Å². The summed E-state index contributed by atoms with van der Waals surface area (Å²) >= 11 is 1.43. The van der Waals surface area contributed by atoms with Gasteiger partial charge in [-0.3, -0.25) is 9.59 Å². The summed E-state index contributed by atoms with van der Waals surface area (Å²) in [4.78, 5) is 25.2. The molecule has 0 fully saturated rings. The average Bonchev–Trinajstić information content (AvgIpc) is 2.98. The van der Waals surface area contributed by atoms with E-state index in [9.17, 15) is 9.59 Å². The Morgan fingerprint density at radius 2 is 1.92 bits per heavy atom. The second-order valence-corrected chi connectivity index (χ2v) is 6.87. The normalized spacial score (nSPS) is 13.0. The first-order chi connectivity index (χ1) is 12.1. The first-order valence-electron chi connectivity index (χ1n) is 8.10. The number of thiophene rings is 1. The van der Waals surface area contributed by atoms with Crippen LogP contribution in [-0.4, -0.2) is 25.5 Å². The molecular formula is C18H20N2O4S. The Hall–Kier alpha value is -2.54. The van der Waals surface area contributed by atoms with Gasteiger partial charge in [0.25, 0.3) is 11.8 Å². The molecule has 0 saturated carbocycles. The highest BCUT2D eigenvalue weighted by atomic mass is 32.1. The maximum atomic E-state index is 12.3. The lowest BCUT2D eigenvalue weighted by Gasteiger charge is -2.11. The highest BCUT2D eigenvalue weighted by Crippen LogP contribution is 2.37. The Bertz CT molecular complexity index is 800. The van der Waals surface area contributed by atoms with Crippen LogP contribution in [0, 0.1) is 0 Å². The molecule has 1 aliphatic rings. The van der Waals surface area contributed by atoms with Crippen molar-refractivity contribution in [1.82, 2.24) is 0 Å². The molecule has 1 heterocycles. The zero-order chi connectivity index (χ0) is 17.8. The fourth-order valence-electron chi connectivity index (χ4n) is 2.96. The molecule has 0 bridgehead atoms. The van der Waals surface area contributed by atoms with E-state index < -0.39 is 5.91 Å². The molecule has 0 spiro atoms. The van der Waals surface area contributed by atoms with E-state index in [1.807, 2.05) is 6.07 Å². The Morgan fingerprint density at radius 3 is 2.64 bits per heavy atom. The zero-order valence-electron chi connectivity index (χ0n) is 14.0. The average molecular weight is 360 g/mol. The van der Waals surface area contributed by atoms with E-state index in [1.165, 1.54) is 18.4 Å². The minimum atomic E-state index is -0.500. The highest BCUT2D eigenvalue weighted by Gasteiger charge is 2.25. The molecule has 0 atom stereocenters. The highest BCUT2D eigenvalue weighted by molar-refractivity contribution is 7.17. The molecular weight excluding hydrogens is 340 g/mol. The largest absolute Gasteiger partial charge is 0.493 e. The van der Waals surface area contributed by atoms with Crippen LogP contribution in [0.4, 0.5) is 5.00 Å². The van der Waals surface area contributed by atoms with Gasteiger partial charge in [-0.15, -0.1) is 11.3 Å². The van der Waals surface area contributed by atoms with Gasteiger partial charge in [0.05, 0.1) is 12.7 Å². The molecule has 0 saturated heterocycles. The monoisotopic (exact) mass is 360 g/mol. The third kappa shape index (κ3) is 3.76. The quantitative estimate of drug-likeness (QED) is 0.829. The van der Waals surface area contributed by atoms with E-state index in [0.717, 1.165) is 36.1 Å². The van der Waals surface area contributed by atoms with Crippen LogP contribution < -0.4 is 20.5 Å². The SMILES string of the molecule is COc1ccccc1OCC(=O)Nc1sc2c(c1C(N)=O)CCCC2. The number of nitrogens with two attached hydrogens (primary N) is 1. The third-order valence-corrected chi connectivity index (χ3v) is 5.31. The number of hydrogen-bond donors (Lipinski definition) is 2. The summed E-state index contributed by atoms with van der Waals surface area (Å²) in [6, 6.07) is 7.10. The maximum absolute atomic E-state index is 12.3. The fraction of sp³-hybridized carbons (Fsp3) is 0.333. The van der Waals surface area contributed by atoms with Crippen molar-refractivity contribution >= 4 is 28.2 Å². The van der Waals surface area contributed by atoms with Crippen LogP contribution in [0.3, 0.4) is 0 Å². The van der Waals surface area contributed by atoms with E-state index >= 15 is 0 Å². The number of hydrogen-bond acceptors (Lipinski definition) is 5. The molecule has 6 nitrogen and oxygen atoms in total. The number of primary amides is 1. The van der Waals surface area contributed by atoms with Crippen molar-refractivity contribution in [3.63, 3.8) is 0 Å². The molecule has 1 aromatic heterocycles. The van der Waals surface area contributed by atoms with Gasteiger partial charge in [0.2, 0.25) is 0 Å². The van der Waals surface area contributed by atoms with Crippen LogP contribution in [0.15, 0.2) is 24.3 Å². The fourth-order valence-corrected chi connectivity index (χ4v) is 4.27. The van der Waals surface area contributed by atoms with E-state index in [1.54, 1.807) is 18.2 Å². The summed E-state index contributed by atoms with van der Waals surface area (Å²) < 4.78 is 10.7. The van der Waals surface area contributed by atoms with Gasteiger partial charge in [-0.05, 0) is 43.4 Å². The van der Waals surface area contributed by atoms with Gasteiger partial charge in [0, 0.05) is 4.88 Å². The van der Waals surface area contributed by atoms with Crippen LogP contribution in [0.2, 0.25) is 0 Å². The molecule has 0 aliphatic heterocycles. The van der Waals surface area contributed by atoms with Gasteiger partial charge in [0.1, 0.15) is 5.00 Å². The number of anilines is 1. The third-order valence-electron chi connectivity index (χ3n) is 4.10. The number of rotatable bonds is 6. The molecule has 0 radical (unpaired) electrons. The minimum absolute atomic E-state index is 0.179. The molecule has 25 heavy (non-hydrogen) atoms. The van der Waals surface area contributed by atoms with Crippen LogP contribution in [-0.2, 0) is 17.6 Å². The molecule has 7 heteroatoms. The molecule has 1 aromatic carbocycles. The molecule has 1 aliphatic carbocycles. The van der Waals surface area contributed by atoms with Gasteiger partial charge < -0.3 is 20.5 Å². The number of carbonyl (C=O) groups is 2. The number of ether oxygens (including phenoxy) is 2. The Morgan fingerprint density at radius 1 is 1.20 bits per heavy atom. The summed E-state index contributed by atoms with van der Waals surface area (Å²) in [6.45, 7) is -0.179. The first kappa shape index (κ1) is 17.3. The molecule has 0 unspecified atom stereocenters. The molecule has 3 rings (SSSR count). The lowest BCUT2D eigenvalue weighted by Crippen LogP contribution is -2.22. The second kappa shape index (κ2) is 7.57. The predicted octanol–water partition coefficient (Wildman–Crippen LogP) is 2.75. The van der Waals surface area contributed by atoms with Gasteiger partial charge >= 0.3 is 0 Å². The summed E-state index contributed by atoms with van der Waals surface area (Å²) in [5.74, 6) is 0.202. The van der Waals surface area contributed by atoms with E-state index in [4.69, 9.17) is 15.2 Å². The molecule has 3 N–H and O–H groups in total. The van der Waals surface area contributed by atoms with Crippen LogP contribution in [0.25, 0.3) is 0 Å². The maximum Gasteiger partial charge on any atom is 0.262 e. The number of para-hydroxylation sites is 2. The summed E-state index contributed by atoms with van der Waals surface area (Å²) in [5.41, 5.74) is 6.97. The lowest BCUT2D eigenvalue weighted by atomic mass is 9.95. The van der Waals surface area contributed by atoms with Crippen LogP contribution >= 0.6 is 11.3 Å².